The van der Waals surface area contributed by atoms with Crippen LogP contribution in [0.25, 0.3) is 10.9 Å². The average Bonchev–Trinajstić information content (AvgIpc) is 2.83. The molecule has 0 bridgehead atoms. The SMILES string of the molecule is CCCCCCCCOc1c(OCCCCCC)c2ccc(OC)cc2n(CCCC)c1=O. The van der Waals surface area contributed by atoms with E-state index in [9.17, 15) is 4.79 Å². The van der Waals surface area contributed by atoms with Crippen LogP contribution in [-0.4, -0.2) is 24.9 Å². The number of rotatable bonds is 18. The topological polar surface area (TPSA) is 49.7 Å². The summed E-state index contributed by atoms with van der Waals surface area (Å²) in [5, 5.41) is 0.917. The molecule has 0 aliphatic rings. The van der Waals surface area contributed by atoms with Crippen molar-refractivity contribution >= 4 is 10.9 Å². The third-order valence-corrected chi connectivity index (χ3v) is 6.11. The van der Waals surface area contributed by atoms with Crippen LogP contribution in [0.2, 0.25) is 0 Å². The van der Waals surface area contributed by atoms with Crippen LogP contribution < -0.4 is 19.8 Å². The summed E-state index contributed by atoms with van der Waals surface area (Å²) in [4.78, 5) is 13.6. The van der Waals surface area contributed by atoms with Gasteiger partial charge in [-0.25, -0.2) is 0 Å². The van der Waals surface area contributed by atoms with E-state index >= 15 is 0 Å². The van der Waals surface area contributed by atoms with Gasteiger partial charge < -0.3 is 18.8 Å². The molecule has 33 heavy (non-hydrogen) atoms. The van der Waals surface area contributed by atoms with Crippen molar-refractivity contribution in [3.05, 3.63) is 28.6 Å². The molecule has 0 unspecified atom stereocenters. The minimum absolute atomic E-state index is 0.0984. The molecule has 0 radical (unpaired) electrons. The first-order valence-corrected chi connectivity index (χ1v) is 13.2. The summed E-state index contributed by atoms with van der Waals surface area (Å²) < 4.78 is 19.7. The number of ether oxygens (including phenoxy) is 3. The Kier molecular flexibility index (Phi) is 12.8. The maximum Gasteiger partial charge on any atom is 0.297 e. The molecular weight excluding hydrogens is 414 g/mol. The summed E-state index contributed by atoms with van der Waals surface area (Å²) in [5.74, 6) is 1.70. The van der Waals surface area contributed by atoms with Crippen LogP contribution >= 0.6 is 0 Å². The summed E-state index contributed by atoms with van der Waals surface area (Å²) in [6.45, 7) is 8.36. The molecule has 0 aliphatic heterocycles. The first kappa shape index (κ1) is 27.1. The number of unbranched alkanes of at least 4 members (excludes halogenated alkanes) is 9. The zero-order valence-corrected chi connectivity index (χ0v) is 21.4. The Morgan fingerprint density at radius 1 is 0.727 bits per heavy atom. The number of aryl methyl sites for hydroxylation is 1. The number of hydrogen-bond donors (Lipinski definition) is 0. The fourth-order valence-corrected chi connectivity index (χ4v) is 4.07. The van der Waals surface area contributed by atoms with Crippen molar-refractivity contribution in [2.24, 2.45) is 0 Å². The molecular formula is C28H45NO4. The van der Waals surface area contributed by atoms with Crippen molar-refractivity contribution in [3.63, 3.8) is 0 Å². The van der Waals surface area contributed by atoms with Crippen LogP contribution in [0.1, 0.15) is 97.8 Å². The highest BCUT2D eigenvalue weighted by atomic mass is 16.5. The van der Waals surface area contributed by atoms with E-state index in [1.54, 1.807) is 7.11 Å². The minimum atomic E-state index is -0.0984. The van der Waals surface area contributed by atoms with Gasteiger partial charge in [0.15, 0.2) is 5.75 Å². The Labute approximate surface area is 200 Å². The summed E-state index contributed by atoms with van der Waals surface area (Å²) in [6.07, 6.45) is 13.5. The van der Waals surface area contributed by atoms with Crippen molar-refractivity contribution in [1.82, 2.24) is 4.57 Å². The summed E-state index contributed by atoms with van der Waals surface area (Å²) in [5.41, 5.74) is 0.752. The number of fused-ring (bicyclic) bond motifs is 1. The van der Waals surface area contributed by atoms with Crippen LogP contribution in [0.15, 0.2) is 23.0 Å². The van der Waals surface area contributed by atoms with Crippen LogP contribution in [-0.2, 0) is 6.54 Å². The summed E-state index contributed by atoms with van der Waals surface area (Å²) in [6, 6.07) is 5.86. The van der Waals surface area contributed by atoms with Gasteiger partial charge in [-0.1, -0.05) is 78.6 Å². The number of nitrogens with zero attached hydrogens (tertiary/aromatic N) is 1. The van der Waals surface area contributed by atoms with Crippen LogP contribution in [0, 0.1) is 0 Å². The van der Waals surface area contributed by atoms with Gasteiger partial charge in [-0.2, -0.15) is 0 Å². The predicted octanol–water partition coefficient (Wildman–Crippen LogP) is 7.51. The van der Waals surface area contributed by atoms with Gasteiger partial charge >= 0.3 is 0 Å². The van der Waals surface area contributed by atoms with Gasteiger partial charge in [-0.15, -0.1) is 0 Å². The van der Waals surface area contributed by atoms with Gasteiger partial charge in [-0.3, -0.25) is 4.79 Å². The second kappa shape index (κ2) is 15.6. The van der Waals surface area contributed by atoms with Crippen molar-refractivity contribution in [2.45, 2.75) is 104 Å². The molecule has 186 valence electrons. The Morgan fingerprint density at radius 3 is 1.94 bits per heavy atom. The smallest absolute Gasteiger partial charge is 0.297 e. The lowest BCUT2D eigenvalue weighted by atomic mass is 10.1. The Balaban J connectivity index is 2.33. The molecule has 5 nitrogen and oxygen atoms in total. The lowest BCUT2D eigenvalue weighted by Crippen LogP contribution is -2.24. The molecule has 2 aromatic rings. The molecule has 1 aromatic heterocycles. The largest absolute Gasteiger partial charge is 0.497 e. The standard InChI is InChI=1S/C28H45NO4/c1-5-8-11-13-14-16-21-33-27-26(32-20-15-12-9-6-2)24-18-17-23(31-4)22-25(24)29(28(27)30)19-10-7-3/h17-18,22H,5-16,19-21H2,1-4H3. The fourth-order valence-electron chi connectivity index (χ4n) is 4.07. The van der Waals surface area contributed by atoms with Crippen molar-refractivity contribution < 1.29 is 14.2 Å². The number of hydrogen-bond acceptors (Lipinski definition) is 4. The van der Waals surface area contributed by atoms with Gasteiger partial charge in [0.05, 0.1) is 25.8 Å². The van der Waals surface area contributed by atoms with Crippen molar-refractivity contribution in [2.75, 3.05) is 20.3 Å². The first-order valence-electron chi connectivity index (χ1n) is 13.2. The summed E-state index contributed by atoms with van der Waals surface area (Å²) in [7, 11) is 1.65. The van der Waals surface area contributed by atoms with Gasteiger partial charge in [0.1, 0.15) is 5.75 Å². The molecule has 0 aliphatic carbocycles. The van der Waals surface area contributed by atoms with E-state index in [0.29, 0.717) is 31.3 Å². The maximum atomic E-state index is 13.6. The van der Waals surface area contributed by atoms with E-state index in [-0.39, 0.29) is 5.56 Å². The van der Waals surface area contributed by atoms with E-state index in [1.807, 2.05) is 22.8 Å². The Bertz CT molecular complexity index is 874. The molecule has 0 saturated carbocycles. The molecule has 5 heteroatoms. The maximum absolute atomic E-state index is 13.6. The van der Waals surface area contributed by atoms with E-state index in [4.69, 9.17) is 14.2 Å². The zero-order valence-electron chi connectivity index (χ0n) is 21.4. The average molecular weight is 460 g/mol. The Hall–Kier alpha value is -2.17. The van der Waals surface area contributed by atoms with Gasteiger partial charge in [0.2, 0.25) is 5.75 Å². The highest BCUT2D eigenvalue weighted by molar-refractivity contribution is 5.89. The Morgan fingerprint density at radius 2 is 1.30 bits per heavy atom. The number of benzene rings is 1. The number of methoxy groups -OCH3 is 1. The molecule has 0 spiro atoms. The van der Waals surface area contributed by atoms with E-state index in [1.165, 1.54) is 38.5 Å². The second-order valence-corrected chi connectivity index (χ2v) is 8.88. The lowest BCUT2D eigenvalue weighted by molar-refractivity contribution is 0.256. The molecule has 0 atom stereocenters. The molecule has 2 rings (SSSR count). The molecule has 1 aromatic carbocycles. The highest BCUT2D eigenvalue weighted by Gasteiger charge is 2.20. The first-order chi connectivity index (χ1) is 16.2. The van der Waals surface area contributed by atoms with Crippen LogP contribution in [0.3, 0.4) is 0 Å². The lowest BCUT2D eigenvalue weighted by Gasteiger charge is -2.19. The fraction of sp³-hybridized carbons (Fsp3) is 0.679. The van der Waals surface area contributed by atoms with Gasteiger partial charge in [-0.05, 0) is 31.4 Å². The quantitative estimate of drug-likeness (QED) is 0.216. The van der Waals surface area contributed by atoms with E-state index < -0.39 is 0 Å². The molecule has 0 amide bonds. The third kappa shape index (κ3) is 8.28. The highest BCUT2D eigenvalue weighted by Crippen LogP contribution is 2.35. The normalized spacial score (nSPS) is 11.2. The number of aromatic nitrogens is 1. The van der Waals surface area contributed by atoms with E-state index in [0.717, 1.165) is 55.2 Å². The summed E-state index contributed by atoms with van der Waals surface area (Å²) >= 11 is 0. The molecule has 0 fully saturated rings. The van der Waals surface area contributed by atoms with Crippen LogP contribution in [0.5, 0.6) is 17.2 Å². The van der Waals surface area contributed by atoms with Crippen molar-refractivity contribution in [3.8, 4) is 17.2 Å². The monoisotopic (exact) mass is 459 g/mol. The third-order valence-electron chi connectivity index (χ3n) is 6.11. The minimum Gasteiger partial charge on any atom is -0.497 e. The van der Waals surface area contributed by atoms with Crippen molar-refractivity contribution in [1.29, 1.82) is 0 Å². The van der Waals surface area contributed by atoms with E-state index in [2.05, 4.69) is 20.8 Å². The molecule has 1 heterocycles. The van der Waals surface area contributed by atoms with Gasteiger partial charge in [0.25, 0.3) is 5.56 Å². The van der Waals surface area contributed by atoms with Gasteiger partial charge in [0, 0.05) is 18.0 Å². The molecule has 0 N–H and O–H groups in total. The molecule has 0 saturated heterocycles. The zero-order chi connectivity index (χ0) is 23.9. The predicted molar refractivity (Wildman–Crippen MR) is 138 cm³/mol. The second-order valence-electron chi connectivity index (χ2n) is 8.88. The van der Waals surface area contributed by atoms with Crippen LogP contribution in [0.4, 0.5) is 0 Å². The number of pyridine rings is 1.